The smallest absolute Gasteiger partial charge is 0.133 e. The van der Waals surface area contributed by atoms with Crippen molar-refractivity contribution in [2.45, 2.75) is 0 Å². The monoisotopic (exact) mass is 350 g/mol. The largest absolute Gasteiger partial charge is 0.323 e. The average molecular weight is 353 g/mol. The van der Waals surface area contributed by atoms with Gasteiger partial charge in [-0.25, -0.2) is 0 Å². The van der Waals surface area contributed by atoms with E-state index in [1.807, 2.05) is 24.2 Å². The Hall–Kier alpha value is 0.465. The fourth-order valence-corrected chi connectivity index (χ4v) is 2.57. The van der Waals surface area contributed by atoms with Crippen LogP contribution in [0.25, 0.3) is 4.48 Å². The van der Waals surface area contributed by atoms with E-state index in [4.69, 9.17) is 0 Å². The summed E-state index contributed by atoms with van der Waals surface area (Å²) in [5.74, 6) is 2.04. The summed E-state index contributed by atoms with van der Waals surface area (Å²) in [4.78, 5) is 0. The molecule has 12 heavy (non-hydrogen) atoms. The lowest BCUT2D eigenvalue weighted by Crippen LogP contribution is -1.84. The van der Waals surface area contributed by atoms with E-state index in [1.54, 1.807) is 0 Å². The molecule has 0 radical (unpaired) electrons. The van der Waals surface area contributed by atoms with E-state index in [0.29, 0.717) is 0 Å². The quantitative estimate of drug-likeness (QED) is 0.698. The molecule has 1 aromatic rings. The first-order valence-electron chi connectivity index (χ1n) is 3.41. The summed E-state index contributed by atoms with van der Waals surface area (Å²) in [5, 5.41) is 0. The Morgan fingerprint density at radius 1 is 1.17 bits per heavy atom. The molecule has 0 saturated carbocycles. The van der Waals surface area contributed by atoms with Crippen molar-refractivity contribution in [1.82, 2.24) is 0 Å². The molecule has 0 heterocycles. The van der Waals surface area contributed by atoms with Gasteiger partial charge in [0.2, 0.25) is 0 Å². The summed E-state index contributed by atoms with van der Waals surface area (Å²) in [6.45, 7) is 0. The molecule has 0 aliphatic heterocycles. The average Bonchev–Trinajstić information content (AvgIpc) is 2.05. The first-order valence-corrected chi connectivity index (χ1v) is 6.03. The minimum Gasteiger partial charge on any atom is -0.133 e. The van der Waals surface area contributed by atoms with Crippen LogP contribution in [0.2, 0.25) is 0 Å². The first kappa shape index (κ1) is 10.5. The molecule has 0 aromatic heterocycles. The van der Waals surface area contributed by atoms with Crippen LogP contribution in [0.4, 0.5) is 0 Å². The summed E-state index contributed by atoms with van der Waals surface area (Å²) in [6, 6.07) is 10.2. The van der Waals surface area contributed by atoms with E-state index < -0.39 is 0 Å². The maximum absolute atomic E-state index is 3.49. The van der Waals surface area contributed by atoms with Crippen molar-refractivity contribution in [3.8, 4) is 0 Å². The fourth-order valence-electron chi connectivity index (χ4n) is 0.804. The second-order valence-corrected chi connectivity index (χ2v) is 6.27. The van der Waals surface area contributed by atoms with Crippen molar-refractivity contribution in [3.63, 3.8) is 0 Å². The van der Waals surface area contributed by atoms with E-state index in [0.717, 1.165) is 4.48 Å². The van der Waals surface area contributed by atoms with Crippen LogP contribution in [0.3, 0.4) is 0 Å². The van der Waals surface area contributed by atoms with Crippen molar-refractivity contribution in [2.75, 3.05) is 0 Å². The molecule has 0 N–H and O–H groups in total. The highest BCUT2D eigenvalue weighted by molar-refractivity contribution is 9.49. The summed E-state index contributed by atoms with van der Waals surface area (Å²) < 4.78 is 1.29. The van der Waals surface area contributed by atoms with Gasteiger partial charge in [0, 0.05) is 4.48 Å². The summed E-state index contributed by atoms with van der Waals surface area (Å²) >= 11 is 10.3. The van der Waals surface area contributed by atoms with Gasteiger partial charge in [0.25, 0.3) is 0 Å². The molecule has 0 aliphatic rings. The van der Waals surface area contributed by atoms with Gasteiger partial charge in [0.1, 0.15) is 0 Å². The summed E-state index contributed by atoms with van der Waals surface area (Å²) in [6.07, 6.45) is 0. The van der Waals surface area contributed by atoms with Crippen molar-refractivity contribution in [3.05, 3.63) is 41.9 Å². The topological polar surface area (TPSA) is 0 Å². The van der Waals surface area contributed by atoms with Crippen molar-refractivity contribution < 1.29 is 0 Å². The summed E-state index contributed by atoms with van der Waals surface area (Å²) in [5.41, 5.74) is 1.18. The van der Waals surface area contributed by atoms with E-state index in [-0.39, 0.29) is 4.36 Å². The van der Waals surface area contributed by atoms with Crippen LogP contribution in [0.1, 0.15) is 5.56 Å². The van der Waals surface area contributed by atoms with Gasteiger partial charge in [-0.3, -0.25) is 0 Å². The minimum atomic E-state index is 0.208. The van der Waals surface area contributed by atoms with Crippen LogP contribution in [0.5, 0.6) is 0 Å². The molecule has 0 fully saturated rings. The molecule has 0 unspecified atom stereocenters. The third kappa shape index (κ3) is 3.46. The van der Waals surface area contributed by atoms with Gasteiger partial charge in [0.05, 0.1) is 0 Å². The van der Waals surface area contributed by atoms with E-state index >= 15 is 0 Å². The maximum atomic E-state index is 3.49. The fraction of sp³-hybridized carbons (Fsp3) is 0. The van der Waals surface area contributed by atoms with Gasteiger partial charge in [-0.1, -0.05) is 52.2 Å². The molecular weight excluding hydrogens is 347 g/mol. The first-order chi connectivity index (χ1) is 5.70. The predicted octanol–water partition coefficient (Wildman–Crippen LogP) is 4.24. The summed E-state index contributed by atoms with van der Waals surface area (Å²) in [7, 11) is 0. The second kappa shape index (κ2) is 5.25. The molecule has 1 aromatic carbocycles. The third-order valence-electron chi connectivity index (χ3n) is 1.32. The van der Waals surface area contributed by atoms with Gasteiger partial charge in [0.15, 0.2) is 0 Å². The van der Waals surface area contributed by atoms with E-state index in [2.05, 4.69) is 59.6 Å². The Labute approximate surface area is 97.6 Å². The molecule has 1 rings (SSSR count). The normalized spacial score (nSPS) is 11.4. The Balaban J connectivity index is 2.85. The Morgan fingerprint density at radius 3 is 2.25 bits per heavy atom. The van der Waals surface area contributed by atoms with Gasteiger partial charge < -0.3 is 0 Å². The molecule has 0 bridgehead atoms. The second-order valence-electron chi connectivity index (χ2n) is 2.22. The minimum absolute atomic E-state index is 0.208. The Bertz CT molecular complexity index is 269. The molecule has 0 aliphatic carbocycles. The van der Waals surface area contributed by atoms with Crippen LogP contribution >= 0.6 is 47.4 Å². The van der Waals surface area contributed by atoms with Gasteiger partial charge >= 0.3 is 4.36 Å². The highest BCUT2D eigenvalue weighted by Crippen LogP contribution is 2.22. The van der Waals surface area contributed by atoms with Crippen molar-refractivity contribution >= 4 is 56.3 Å². The van der Waals surface area contributed by atoms with Gasteiger partial charge in [-0.2, -0.15) is 0 Å². The lowest BCUT2D eigenvalue weighted by atomic mass is 10.1. The Kier molecular flexibility index (Phi) is 4.61. The number of hydrogen-bond donors (Lipinski definition) is 0. The van der Waals surface area contributed by atoms with E-state index in [1.165, 1.54) is 5.56 Å². The molecule has 0 amide bonds. The number of hydrogen-bond acceptors (Lipinski definition) is 0. The highest BCUT2D eigenvalue weighted by atomic mass is 79.9. The van der Waals surface area contributed by atoms with Crippen LogP contribution in [-0.4, -0.2) is 4.36 Å². The molecular formula is C8H6BBr3. The molecule has 62 valence electrons. The maximum Gasteiger partial charge on any atom is 0.323 e. The molecule has 0 atom stereocenters. The van der Waals surface area contributed by atoms with Crippen molar-refractivity contribution in [2.24, 2.45) is 0 Å². The SMILES string of the molecule is BrB(Br)/C=C(/Br)c1ccccc1. The lowest BCUT2D eigenvalue weighted by molar-refractivity contribution is 1.66. The zero-order valence-corrected chi connectivity index (χ0v) is 10.9. The van der Waals surface area contributed by atoms with Crippen LogP contribution in [-0.2, 0) is 0 Å². The number of rotatable bonds is 2. The highest BCUT2D eigenvalue weighted by Gasteiger charge is 2.01. The lowest BCUT2D eigenvalue weighted by Gasteiger charge is -1.97. The van der Waals surface area contributed by atoms with Crippen LogP contribution < -0.4 is 0 Å². The van der Waals surface area contributed by atoms with Gasteiger partial charge in [-0.15, -0.1) is 31.5 Å². The standard InChI is InChI=1S/C8H6BBr3/c10-8(6-9(11)12)7-4-2-1-3-5-7/h1-6H/b8-6+. The molecule has 0 nitrogen and oxygen atoms in total. The van der Waals surface area contributed by atoms with Crippen LogP contribution in [0.15, 0.2) is 36.3 Å². The molecule has 0 spiro atoms. The number of halogens is 3. The van der Waals surface area contributed by atoms with Crippen molar-refractivity contribution in [1.29, 1.82) is 0 Å². The Morgan fingerprint density at radius 2 is 1.75 bits per heavy atom. The van der Waals surface area contributed by atoms with Gasteiger partial charge in [-0.05, 0) is 5.56 Å². The predicted molar refractivity (Wildman–Crippen MR) is 67.0 cm³/mol. The molecule has 4 heteroatoms. The van der Waals surface area contributed by atoms with Crippen LogP contribution in [0, 0.1) is 0 Å². The zero-order valence-electron chi connectivity index (χ0n) is 6.18. The van der Waals surface area contributed by atoms with E-state index in [9.17, 15) is 0 Å². The zero-order chi connectivity index (χ0) is 8.97. The molecule has 0 saturated heterocycles. The number of benzene rings is 1. The third-order valence-corrected chi connectivity index (χ3v) is 2.57.